The fraction of sp³-hybridized carbons (Fsp3) is 0.556. The first-order valence-corrected chi connectivity index (χ1v) is 8.46. The van der Waals surface area contributed by atoms with E-state index in [0.29, 0.717) is 19.0 Å². The molecule has 2 aliphatic rings. The maximum atomic E-state index is 12.1. The lowest BCUT2D eigenvalue weighted by molar-refractivity contribution is -0.129. The summed E-state index contributed by atoms with van der Waals surface area (Å²) in [6.45, 7) is 1.32. The Hall–Kier alpha value is -2.04. The van der Waals surface area contributed by atoms with Gasteiger partial charge in [0.2, 0.25) is 11.8 Å². The van der Waals surface area contributed by atoms with E-state index in [0.717, 1.165) is 24.9 Å². The average Bonchev–Trinajstić information content (AvgIpc) is 3.14. The van der Waals surface area contributed by atoms with Crippen LogP contribution in [0, 0.1) is 5.92 Å². The normalized spacial score (nSPS) is 21.8. The van der Waals surface area contributed by atoms with Gasteiger partial charge in [-0.1, -0.05) is 25.0 Å². The lowest BCUT2D eigenvalue weighted by Gasteiger charge is -2.24. The number of nitrogens with one attached hydrogen (secondary N) is 1. The van der Waals surface area contributed by atoms with Crippen molar-refractivity contribution in [2.45, 2.75) is 44.6 Å². The smallest absolute Gasteiger partial charge is 0.224 e. The highest BCUT2D eigenvalue weighted by atomic mass is 16.3. The van der Waals surface area contributed by atoms with Crippen LogP contribution in [0.1, 0.15) is 37.7 Å². The molecule has 0 radical (unpaired) electrons. The fourth-order valence-corrected chi connectivity index (χ4v) is 3.69. The highest BCUT2D eigenvalue weighted by molar-refractivity contribution is 5.80. The highest BCUT2D eigenvalue weighted by Crippen LogP contribution is 2.29. The maximum absolute atomic E-state index is 12.1. The van der Waals surface area contributed by atoms with Crippen molar-refractivity contribution in [3.8, 4) is 5.75 Å². The molecule has 0 spiro atoms. The van der Waals surface area contributed by atoms with E-state index in [1.165, 1.54) is 12.8 Å². The first kappa shape index (κ1) is 15.8. The van der Waals surface area contributed by atoms with Crippen molar-refractivity contribution in [1.82, 2.24) is 10.2 Å². The molecule has 3 rings (SSSR count). The molecule has 0 bridgehead atoms. The zero-order chi connectivity index (χ0) is 16.2. The lowest BCUT2D eigenvalue weighted by atomic mass is 10.1. The fourth-order valence-electron chi connectivity index (χ4n) is 3.69. The average molecular weight is 316 g/mol. The van der Waals surface area contributed by atoms with Gasteiger partial charge in [0.15, 0.2) is 0 Å². The van der Waals surface area contributed by atoms with Gasteiger partial charge in [0.1, 0.15) is 5.75 Å². The third-order valence-electron chi connectivity index (χ3n) is 4.87. The Bertz CT molecular complexity index is 581. The maximum Gasteiger partial charge on any atom is 0.224 e. The molecular weight excluding hydrogens is 292 g/mol. The number of benzene rings is 1. The van der Waals surface area contributed by atoms with E-state index >= 15 is 0 Å². The van der Waals surface area contributed by atoms with Gasteiger partial charge in [0, 0.05) is 31.5 Å². The Labute approximate surface area is 136 Å². The topological polar surface area (TPSA) is 69.6 Å². The second-order valence-electron chi connectivity index (χ2n) is 6.71. The molecule has 5 nitrogen and oxygen atoms in total. The van der Waals surface area contributed by atoms with Crippen molar-refractivity contribution in [2.24, 2.45) is 5.92 Å². The van der Waals surface area contributed by atoms with Crippen molar-refractivity contribution >= 4 is 11.8 Å². The summed E-state index contributed by atoms with van der Waals surface area (Å²) in [5, 5.41) is 12.3. The molecule has 23 heavy (non-hydrogen) atoms. The Balaban J connectivity index is 1.45. The minimum Gasteiger partial charge on any atom is -0.508 e. The second-order valence-corrected chi connectivity index (χ2v) is 6.71. The van der Waals surface area contributed by atoms with Crippen molar-refractivity contribution < 1.29 is 14.7 Å². The Morgan fingerprint density at radius 3 is 2.83 bits per heavy atom. The van der Waals surface area contributed by atoms with Crippen LogP contribution in [0.5, 0.6) is 5.75 Å². The number of carbonyl (C=O) groups is 2. The van der Waals surface area contributed by atoms with E-state index in [1.807, 2.05) is 11.0 Å². The van der Waals surface area contributed by atoms with Gasteiger partial charge in [-0.15, -0.1) is 0 Å². The van der Waals surface area contributed by atoms with Crippen LogP contribution in [0.25, 0.3) is 0 Å². The summed E-state index contributed by atoms with van der Waals surface area (Å²) in [7, 11) is 0. The number of rotatable bonds is 5. The molecule has 1 saturated heterocycles. The summed E-state index contributed by atoms with van der Waals surface area (Å²) in [5.41, 5.74) is 0.789. The zero-order valence-electron chi connectivity index (χ0n) is 13.3. The number of aromatic hydroxyl groups is 1. The number of phenolic OH excluding ortho intramolecular Hbond substituents is 1. The van der Waals surface area contributed by atoms with Crippen LogP contribution in [0.3, 0.4) is 0 Å². The molecule has 0 unspecified atom stereocenters. The second kappa shape index (κ2) is 7.02. The largest absolute Gasteiger partial charge is 0.508 e. The van der Waals surface area contributed by atoms with E-state index in [9.17, 15) is 14.7 Å². The van der Waals surface area contributed by atoms with Crippen molar-refractivity contribution in [3.05, 3.63) is 29.8 Å². The van der Waals surface area contributed by atoms with Crippen molar-refractivity contribution in [3.63, 3.8) is 0 Å². The van der Waals surface area contributed by atoms with E-state index in [1.54, 1.807) is 18.2 Å². The number of carbonyl (C=O) groups excluding carboxylic acids is 2. The van der Waals surface area contributed by atoms with Crippen LogP contribution in [0.2, 0.25) is 0 Å². The number of phenols is 1. The van der Waals surface area contributed by atoms with Crippen LogP contribution in [-0.4, -0.2) is 41.0 Å². The predicted molar refractivity (Wildman–Crippen MR) is 86.9 cm³/mol. The number of hydrogen-bond acceptors (Lipinski definition) is 3. The van der Waals surface area contributed by atoms with Gasteiger partial charge in [-0.25, -0.2) is 0 Å². The third-order valence-corrected chi connectivity index (χ3v) is 4.87. The highest BCUT2D eigenvalue weighted by Gasteiger charge is 2.35. The van der Waals surface area contributed by atoms with E-state index in [-0.39, 0.29) is 29.9 Å². The molecule has 1 saturated carbocycles. The minimum atomic E-state index is -0.0673. The SMILES string of the molecule is O=C(Cc1cccc(O)c1)NC[C@@H]1CC(=O)N(C2CCCC2)C1. The van der Waals surface area contributed by atoms with E-state index < -0.39 is 0 Å². The molecule has 1 aromatic rings. The number of amides is 2. The van der Waals surface area contributed by atoms with Crippen molar-refractivity contribution in [1.29, 1.82) is 0 Å². The quantitative estimate of drug-likeness (QED) is 0.871. The Morgan fingerprint density at radius 2 is 2.09 bits per heavy atom. The summed E-state index contributed by atoms with van der Waals surface area (Å²) in [5.74, 6) is 0.562. The van der Waals surface area contributed by atoms with Gasteiger partial charge in [0.25, 0.3) is 0 Å². The van der Waals surface area contributed by atoms with Gasteiger partial charge in [-0.2, -0.15) is 0 Å². The molecule has 2 amide bonds. The van der Waals surface area contributed by atoms with Gasteiger partial charge in [0.05, 0.1) is 6.42 Å². The van der Waals surface area contributed by atoms with Crippen LogP contribution < -0.4 is 5.32 Å². The molecule has 2 fully saturated rings. The summed E-state index contributed by atoms with van der Waals surface area (Å²) >= 11 is 0. The summed E-state index contributed by atoms with van der Waals surface area (Å²) in [6.07, 6.45) is 5.49. The van der Waals surface area contributed by atoms with E-state index in [2.05, 4.69) is 5.32 Å². The molecule has 1 heterocycles. The molecule has 2 N–H and O–H groups in total. The summed E-state index contributed by atoms with van der Waals surface area (Å²) in [4.78, 5) is 26.2. The standard InChI is InChI=1S/C18H24N2O3/c21-16-7-3-4-13(8-16)9-17(22)19-11-14-10-18(23)20(12-14)15-5-1-2-6-15/h3-4,7-8,14-15,21H,1-2,5-6,9-12H2,(H,19,22)/t14-/m0/s1. The monoisotopic (exact) mass is 316 g/mol. The summed E-state index contributed by atoms with van der Waals surface area (Å²) < 4.78 is 0. The van der Waals surface area contributed by atoms with Gasteiger partial charge < -0.3 is 15.3 Å². The molecule has 1 atom stereocenters. The molecule has 5 heteroatoms. The van der Waals surface area contributed by atoms with Crippen LogP contribution in [-0.2, 0) is 16.0 Å². The van der Waals surface area contributed by atoms with Crippen LogP contribution in [0.15, 0.2) is 24.3 Å². The first-order chi connectivity index (χ1) is 11.1. The van der Waals surface area contributed by atoms with Crippen LogP contribution in [0.4, 0.5) is 0 Å². The lowest BCUT2D eigenvalue weighted by Crippen LogP contribution is -2.36. The molecule has 1 aliphatic heterocycles. The van der Waals surface area contributed by atoms with E-state index in [4.69, 9.17) is 0 Å². The molecule has 1 aromatic carbocycles. The predicted octanol–water partition coefficient (Wildman–Crippen LogP) is 1.84. The third kappa shape index (κ3) is 4.03. The van der Waals surface area contributed by atoms with Gasteiger partial charge in [-0.3, -0.25) is 9.59 Å². The minimum absolute atomic E-state index is 0.0673. The summed E-state index contributed by atoms with van der Waals surface area (Å²) in [6, 6.07) is 7.16. The molecular formula is C18H24N2O3. The Kier molecular flexibility index (Phi) is 4.84. The van der Waals surface area contributed by atoms with Gasteiger partial charge in [-0.05, 0) is 30.5 Å². The number of nitrogens with zero attached hydrogens (tertiary/aromatic N) is 1. The van der Waals surface area contributed by atoms with Crippen LogP contribution >= 0.6 is 0 Å². The van der Waals surface area contributed by atoms with Crippen molar-refractivity contribution in [2.75, 3.05) is 13.1 Å². The molecule has 1 aliphatic carbocycles. The van der Waals surface area contributed by atoms with Gasteiger partial charge >= 0.3 is 0 Å². The molecule has 0 aromatic heterocycles. The number of likely N-dealkylation sites (tertiary alicyclic amines) is 1. The molecule has 124 valence electrons. The Morgan fingerprint density at radius 1 is 1.30 bits per heavy atom. The zero-order valence-corrected chi connectivity index (χ0v) is 13.3. The number of hydrogen-bond donors (Lipinski definition) is 2. The first-order valence-electron chi connectivity index (χ1n) is 8.46.